The lowest BCUT2D eigenvalue weighted by Crippen LogP contribution is -2.34. The Bertz CT molecular complexity index is 593. The molecule has 7 heteroatoms. The minimum absolute atomic E-state index is 0.0298. The van der Waals surface area contributed by atoms with Crippen molar-refractivity contribution in [3.8, 4) is 5.75 Å². The molecule has 0 radical (unpaired) electrons. The van der Waals surface area contributed by atoms with Crippen LogP contribution in [0.3, 0.4) is 0 Å². The molecule has 0 heterocycles. The van der Waals surface area contributed by atoms with E-state index in [4.69, 9.17) is 9.84 Å². The molecule has 7 nitrogen and oxygen atoms in total. The second kappa shape index (κ2) is 9.24. The monoisotopic (exact) mass is 320 g/mol. The highest BCUT2D eigenvalue weighted by atomic mass is 16.5. The number of ether oxygens (including phenoxy) is 1. The van der Waals surface area contributed by atoms with Gasteiger partial charge in [0.25, 0.3) is 5.91 Å². The Morgan fingerprint density at radius 2 is 1.87 bits per heavy atom. The first kappa shape index (κ1) is 18.2. The number of benzene rings is 1. The highest BCUT2D eigenvalue weighted by molar-refractivity contribution is 6.00. The van der Waals surface area contributed by atoms with E-state index in [1.807, 2.05) is 0 Å². The fourth-order valence-electron chi connectivity index (χ4n) is 1.75. The molecular weight excluding hydrogens is 300 g/mol. The molecule has 0 aliphatic heterocycles. The van der Waals surface area contributed by atoms with E-state index in [2.05, 4.69) is 10.6 Å². The van der Waals surface area contributed by atoms with Crippen LogP contribution in [0.2, 0.25) is 0 Å². The Morgan fingerprint density at radius 1 is 1.22 bits per heavy atom. The zero-order valence-corrected chi connectivity index (χ0v) is 13.1. The number of carbonyl (C=O) groups excluding carboxylic acids is 2. The van der Waals surface area contributed by atoms with Gasteiger partial charge >= 0.3 is 5.97 Å². The van der Waals surface area contributed by atoms with Crippen molar-refractivity contribution in [2.75, 3.05) is 13.7 Å². The number of methoxy groups -OCH3 is 1. The smallest absolute Gasteiger partial charge is 0.303 e. The van der Waals surface area contributed by atoms with Crippen LogP contribution >= 0.6 is 0 Å². The largest absolute Gasteiger partial charge is 0.497 e. The van der Waals surface area contributed by atoms with Crippen molar-refractivity contribution in [3.05, 3.63) is 35.5 Å². The van der Waals surface area contributed by atoms with E-state index in [0.717, 1.165) is 5.56 Å². The predicted molar refractivity (Wildman–Crippen MR) is 84.7 cm³/mol. The number of aliphatic carboxylic acids is 1. The SMILES string of the molecule is COc1ccc(/C=C(\NC(C)=O)C(=O)NCCCC(=O)O)cc1. The van der Waals surface area contributed by atoms with E-state index in [0.29, 0.717) is 12.2 Å². The minimum atomic E-state index is -0.921. The Hall–Kier alpha value is -2.83. The van der Waals surface area contributed by atoms with Crippen molar-refractivity contribution in [1.82, 2.24) is 10.6 Å². The molecular formula is C16H20N2O5. The summed E-state index contributed by atoms with van der Waals surface area (Å²) < 4.78 is 5.05. The van der Waals surface area contributed by atoms with Gasteiger partial charge in [-0.3, -0.25) is 14.4 Å². The topological polar surface area (TPSA) is 105 Å². The molecule has 23 heavy (non-hydrogen) atoms. The molecule has 1 aromatic carbocycles. The van der Waals surface area contributed by atoms with Crippen molar-refractivity contribution in [1.29, 1.82) is 0 Å². The van der Waals surface area contributed by atoms with Gasteiger partial charge in [0.15, 0.2) is 0 Å². The summed E-state index contributed by atoms with van der Waals surface area (Å²) in [5, 5.41) is 13.6. The lowest BCUT2D eigenvalue weighted by Gasteiger charge is -2.09. The number of amides is 2. The Morgan fingerprint density at radius 3 is 2.39 bits per heavy atom. The first-order chi connectivity index (χ1) is 10.9. The fraction of sp³-hybridized carbons (Fsp3) is 0.312. The summed E-state index contributed by atoms with van der Waals surface area (Å²) in [6.45, 7) is 1.52. The predicted octanol–water partition coefficient (Wildman–Crippen LogP) is 1.15. The van der Waals surface area contributed by atoms with E-state index in [-0.39, 0.29) is 24.6 Å². The van der Waals surface area contributed by atoms with Gasteiger partial charge < -0.3 is 20.5 Å². The summed E-state index contributed by atoms with van der Waals surface area (Å²) in [7, 11) is 1.55. The van der Waals surface area contributed by atoms with E-state index in [1.54, 1.807) is 31.4 Å². The maximum atomic E-state index is 12.1. The number of hydrogen-bond donors (Lipinski definition) is 3. The van der Waals surface area contributed by atoms with Crippen LogP contribution in [0.1, 0.15) is 25.3 Å². The number of carbonyl (C=O) groups is 3. The molecule has 0 spiro atoms. The molecule has 0 bridgehead atoms. The van der Waals surface area contributed by atoms with Gasteiger partial charge in [-0.05, 0) is 30.2 Å². The highest BCUT2D eigenvalue weighted by Crippen LogP contribution is 2.13. The Kier molecular flexibility index (Phi) is 7.32. The van der Waals surface area contributed by atoms with Crippen LogP contribution in [0.25, 0.3) is 6.08 Å². The highest BCUT2D eigenvalue weighted by Gasteiger charge is 2.11. The van der Waals surface area contributed by atoms with Crippen LogP contribution in [0.5, 0.6) is 5.75 Å². The molecule has 0 unspecified atom stereocenters. The lowest BCUT2D eigenvalue weighted by atomic mass is 10.1. The van der Waals surface area contributed by atoms with Gasteiger partial charge in [0.1, 0.15) is 11.4 Å². The molecule has 0 aromatic heterocycles. The Labute approximate surface area is 134 Å². The van der Waals surface area contributed by atoms with E-state index in [9.17, 15) is 14.4 Å². The average molecular weight is 320 g/mol. The summed E-state index contributed by atoms with van der Waals surface area (Å²) in [5.74, 6) is -1.08. The fourth-order valence-corrected chi connectivity index (χ4v) is 1.75. The van der Waals surface area contributed by atoms with Crippen LogP contribution < -0.4 is 15.4 Å². The molecule has 0 aliphatic rings. The third kappa shape index (κ3) is 7.12. The number of nitrogens with one attached hydrogen (secondary N) is 2. The molecule has 1 rings (SSSR count). The third-order valence-electron chi connectivity index (χ3n) is 2.84. The molecule has 0 atom stereocenters. The van der Waals surface area contributed by atoms with Crippen molar-refractivity contribution < 1.29 is 24.2 Å². The van der Waals surface area contributed by atoms with Gasteiger partial charge in [0.2, 0.25) is 5.91 Å². The van der Waals surface area contributed by atoms with Crippen LogP contribution in [0, 0.1) is 0 Å². The molecule has 2 amide bonds. The summed E-state index contributed by atoms with van der Waals surface area (Å²) in [6, 6.07) is 6.97. The van der Waals surface area contributed by atoms with Crippen LogP contribution in [-0.4, -0.2) is 36.5 Å². The van der Waals surface area contributed by atoms with E-state index in [1.165, 1.54) is 13.0 Å². The number of carboxylic acids is 1. The second-order valence-electron chi connectivity index (χ2n) is 4.77. The second-order valence-corrected chi connectivity index (χ2v) is 4.77. The maximum absolute atomic E-state index is 12.1. The molecule has 0 saturated heterocycles. The summed E-state index contributed by atoms with van der Waals surface area (Å²) in [5.41, 5.74) is 0.813. The number of carboxylic acid groups (broad SMARTS) is 1. The number of rotatable bonds is 8. The molecule has 1 aromatic rings. The average Bonchev–Trinajstić information content (AvgIpc) is 2.50. The van der Waals surface area contributed by atoms with E-state index < -0.39 is 11.9 Å². The van der Waals surface area contributed by atoms with Crippen LogP contribution in [0.4, 0.5) is 0 Å². The van der Waals surface area contributed by atoms with Crippen molar-refractivity contribution >= 4 is 23.9 Å². The first-order valence-corrected chi connectivity index (χ1v) is 7.05. The zero-order valence-electron chi connectivity index (χ0n) is 13.1. The molecule has 3 N–H and O–H groups in total. The summed E-state index contributed by atoms with van der Waals surface area (Å²) >= 11 is 0. The number of hydrogen-bond acceptors (Lipinski definition) is 4. The summed E-state index contributed by atoms with van der Waals surface area (Å²) in [6.07, 6.45) is 1.82. The Balaban J connectivity index is 2.77. The van der Waals surface area contributed by atoms with Gasteiger partial charge in [0.05, 0.1) is 7.11 Å². The quantitative estimate of drug-likeness (QED) is 0.492. The molecule has 124 valence electrons. The van der Waals surface area contributed by atoms with Crippen LogP contribution in [-0.2, 0) is 14.4 Å². The van der Waals surface area contributed by atoms with E-state index >= 15 is 0 Å². The minimum Gasteiger partial charge on any atom is -0.497 e. The van der Waals surface area contributed by atoms with Crippen molar-refractivity contribution in [2.24, 2.45) is 0 Å². The standard InChI is InChI=1S/C16H20N2O5/c1-11(19)18-14(16(22)17-9-3-4-15(20)21)10-12-5-7-13(23-2)8-6-12/h5-8,10H,3-4,9H2,1-2H3,(H,17,22)(H,18,19)(H,20,21)/b14-10-. The van der Waals surface area contributed by atoms with Gasteiger partial charge in [-0.2, -0.15) is 0 Å². The first-order valence-electron chi connectivity index (χ1n) is 7.05. The van der Waals surface area contributed by atoms with Crippen LogP contribution in [0.15, 0.2) is 30.0 Å². The zero-order chi connectivity index (χ0) is 17.2. The van der Waals surface area contributed by atoms with Gasteiger partial charge in [-0.1, -0.05) is 12.1 Å². The van der Waals surface area contributed by atoms with Crippen molar-refractivity contribution in [2.45, 2.75) is 19.8 Å². The molecule has 0 fully saturated rings. The van der Waals surface area contributed by atoms with Gasteiger partial charge in [-0.25, -0.2) is 0 Å². The van der Waals surface area contributed by atoms with Gasteiger partial charge in [0, 0.05) is 19.9 Å². The normalized spacial score (nSPS) is 10.8. The molecule has 0 aliphatic carbocycles. The summed E-state index contributed by atoms with van der Waals surface area (Å²) in [4.78, 5) is 33.7. The van der Waals surface area contributed by atoms with Crippen molar-refractivity contribution in [3.63, 3.8) is 0 Å². The maximum Gasteiger partial charge on any atom is 0.303 e. The molecule has 0 saturated carbocycles. The third-order valence-corrected chi connectivity index (χ3v) is 2.84. The lowest BCUT2D eigenvalue weighted by molar-refractivity contribution is -0.137. The van der Waals surface area contributed by atoms with Gasteiger partial charge in [-0.15, -0.1) is 0 Å².